The zero-order chi connectivity index (χ0) is 57.2. The van der Waals surface area contributed by atoms with Crippen molar-refractivity contribution >= 4 is 5.97 Å². The lowest BCUT2D eigenvalue weighted by molar-refractivity contribution is -0.332. The van der Waals surface area contributed by atoms with Gasteiger partial charge in [0.05, 0.1) is 26.4 Å². The summed E-state index contributed by atoms with van der Waals surface area (Å²) in [5.41, 5.74) is 0. The molecule has 2 saturated heterocycles. The van der Waals surface area contributed by atoms with Crippen molar-refractivity contribution in [1.29, 1.82) is 0 Å². The highest BCUT2D eigenvalue weighted by molar-refractivity contribution is 5.69. The molecular formula is C65H126O14. The summed E-state index contributed by atoms with van der Waals surface area (Å²) in [4.78, 5) is 13.1. The minimum Gasteiger partial charge on any atom is -0.457 e. The van der Waals surface area contributed by atoms with Crippen molar-refractivity contribution in [3.05, 3.63) is 0 Å². The van der Waals surface area contributed by atoms with Crippen LogP contribution < -0.4 is 0 Å². The summed E-state index contributed by atoms with van der Waals surface area (Å²) in [5, 5.41) is 72.5. The van der Waals surface area contributed by atoms with Crippen LogP contribution in [0.25, 0.3) is 0 Å². The summed E-state index contributed by atoms with van der Waals surface area (Å²) in [6.07, 6.45) is 43.2. The number of unbranched alkanes of at least 4 members (excludes halogenated alkanes) is 43. The van der Waals surface area contributed by atoms with Gasteiger partial charge in [0, 0.05) is 13.0 Å². The van der Waals surface area contributed by atoms with Gasteiger partial charge in [0.15, 0.2) is 12.6 Å². The summed E-state index contributed by atoms with van der Waals surface area (Å²) in [7, 11) is 0. The summed E-state index contributed by atoms with van der Waals surface area (Å²) in [6, 6.07) is 0. The van der Waals surface area contributed by atoms with Crippen LogP contribution in [0.5, 0.6) is 0 Å². The Balaban J connectivity index is 1.63. The zero-order valence-corrected chi connectivity index (χ0v) is 50.9. The Morgan fingerprint density at radius 1 is 0.367 bits per heavy atom. The van der Waals surface area contributed by atoms with Crippen molar-refractivity contribution in [2.45, 2.75) is 377 Å². The maximum Gasteiger partial charge on any atom is 0.306 e. The Morgan fingerprint density at radius 3 is 1.03 bits per heavy atom. The summed E-state index contributed by atoms with van der Waals surface area (Å²) < 4.78 is 34.5. The minimum absolute atomic E-state index is 0.0714. The molecule has 0 radical (unpaired) electrons. The molecule has 0 amide bonds. The molecule has 79 heavy (non-hydrogen) atoms. The standard InChI is InChI=1S/C65H126O14/c1-3-5-7-9-11-13-15-17-19-21-23-24-25-26-27-28-29-31-33-35-37-39-41-43-45-47-49-74-51-54(77-57(67)48-46-44-42-40-38-36-34-32-30-22-20-18-16-14-12-10-8-6-4-2)52-75-64-63(73)61(71)59(69)56(79-64)53-76-65-62(72)60(70)58(68)55(50-66)78-65/h54-56,58-66,68-73H,3-53H2,1-2H3. The van der Waals surface area contributed by atoms with Crippen molar-refractivity contribution in [1.82, 2.24) is 0 Å². The molecule has 0 aliphatic carbocycles. The van der Waals surface area contributed by atoms with Crippen LogP contribution in [0.2, 0.25) is 0 Å². The third-order valence-corrected chi connectivity index (χ3v) is 16.6. The van der Waals surface area contributed by atoms with Gasteiger partial charge in [0.25, 0.3) is 0 Å². The number of hydrogen-bond acceptors (Lipinski definition) is 14. The van der Waals surface area contributed by atoms with Gasteiger partial charge in [-0.25, -0.2) is 0 Å². The van der Waals surface area contributed by atoms with E-state index in [1.807, 2.05) is 0 Å². The molecule has 0 spiro atoms. The molecule has 2 heterocycles. The summed E-state index contributed by atoms with van der Waals surface area (Å²) >= 11 is 0. The van der Waals surface area contributed by atoms with Crippen molar-refractivity contribution < 1.29 is 69.0 Å². The predicted molar refractivity (Wildman–Crippen MR) is 317 cm³/mol. The van der Waals surface area contributed by atoms with Crippen LogP contribution in [-0.4, -0.2) is 142 Å². The van der Waals surface area contributed by atoms with Gasteiger partial charge in [-0.2, -0.15) is 0 Å². The molecule has 7 N–H and O–H groups in total. The molecule has 14 heteroatoms. The van der Waals surface area contributed by atoms with E-state index in [-0.39, 0.29) is 25.6 Å². The second-order valence-corrected chi connectivity index (χ2v) is 24.0. The van der Waals surface area contributed by atoms with E-state index in [1.54, 1.807) is 0 Å². The van der Waals surface area contributed by atoms with Gasteiger partial charge in [-0.1, -0.05) is 290 Å². The molecule has 0 aromatic carbocycles. The predicted octanol–water partition coefficient (Wildman–Crippen LogP) is 13.5. The van der Waals surface area contributed by atoms with Gasteiger partial charge in [0.1, 0.15) is 54.9 Å². The number of ether oxygens (including phenoxy) is 6. The van der Waals surface area contributed by atoms with Crippen molar-refractivity contribution in [3.63, 3.8) is 0 Å². The maximum atomic E-state index is 13.1. The first-order valence-electron chi connectivity index (χ1n) is 33.6. The normalized spacial score (nSPS) is 23.9. The number of rotatable bonds is 57. The van der Waals surface area contributed by atoms with E-state index in [0.29, 0.717) is 6.61 Å². The van der Waals surface area contributed by atoms with E-state index in [9.17, 15) is 40.5 Å². The highest BCUT2D eigenvalue weighted by Crippen LogP contribution is 2.27. The Hall–Kier alpha value is -1.01. The van der Waals surface area contributed by atoms with Gasteiger partial charge in [-0.05, 0) is 12.8 Å². The number of aliphatic hydroxyl groups is 7. The molecule has 2 aliphatic rings. The largest absolute Gasteiger partial charge is 0.457 e. The maximum absolute atomic E-state index is 13.1. The second-order valence-electron chi connectivity index (χ2n) is 24.0. The smallest absolute Gasteiger partial charge is 0.306 e. The molecule has 0 saturated carbocycles. The second kappa shape index (κ2) is 52.5. The first kappa shape index (κ1) is 74.1. The van der Waals surface area contributed by atoms with Crippen molar-refractivity contribution in [3.8, 4) is 0 Å². The Morgan fingerprint density at radius 2 is 0.671 bits per heavy atom. The molecule has 11 unspecified atom stereocenters. The average Bonchev–Trinajstić information content (AvgIpc) is 3.46. The zero-order valence-electron chi connectivity index (χ0n) is 50.9. The molecular weight excluding hydrogens is 1000 g/mol. The van der Waals surface area contributed by atoms with E-state index in [1.165, 1.54) is 244 Å². The average molecular weight is 1130 g/mol. The summed E-state index contributed by atoms with van der Waals surface area (Å²) in [5.74, 6) is -0.365. The van der Waals surface area contributed by atoms with Crippen LogP contribution in [0.15, 0.2) is 0 Å². The third-order valence-electron chi connectivity index (χ3n) is 16.6. The summed E-state index contributed by atoms with van der Waals surface area (Å²) in [6.45, 7) is 3.79. The molecule has 14 nitrogen and oxygen atoms in total. The topological polar surface area (TPSA) is 214 Å². The number of aliphatic hydroxyl groups excluding tert-OH is 7. The van der Waals surface area contributed by atoms with E-state index < -0.39 is 80.7 Å². The van der Waals surface area contributed by atoms with Gasteiger partial charge < -0.3 is 64.2 Å². The fraction of sp³-hybridized carbons (Fsp3) is 0.985. The Labute approximate surface area is 482 Å². The monoisotopic (exact) mass is 1130 g/mol. The lowest BCUT2D eigenvalue weighted by Crippen LogP contribution is -2.61. The fourth-order valence-electron chi connectivity index (χ4n) is 11.2. The van der Waals surface area contributed by atoms with E-state index in [4.69, 9.17) is 28.4 Å². The van der Waals surface area contributed by atoms with E-state index in [2.05, 4.69) is 13.8 Å². The first-order chi connectivity index (χ1) is 38.6. The van der Waals surface area contributed by atoms with Crippen LogP contribution in [-0.2, 0) is 33.2 Å². The van der Waals surface area contributed by atoms with Crippen LogP contribution in [0, 0.1) is 0 Å². The van der Waals surface area contributed by atoms with Crippen LogP contribution in [0.1, 0.15) is 309 Å². The van der Waals surface area contributed by atoms with Crippen molar-refractivity contribution in [2.75, 3.05) is 33.0 Å². The number of esters is 1. The van der Waals surface area contributed by atoms with Gasteiger partial charge in [-0.3, -0.25) is 4.79 Å². The third kappa shape index (κ3) is 38.5. The molecule has 470 valence electrons. The van der Waals surface area contributed by atoms with Crippen LogP contribution in [0.4, 0.5) is 0 Å². The Kier molecular flexibility index (Phi) is 49.3. The highest BCUT2D eigenvalue weighted by Gasteiger charge is 2.47. The molecule has 0 aromatic heterocycles. The quantitative estimate of drug-likeness (QED) is 0.0223. The van der Waals surface area contributed by atoms with E-state index in [0.717, 1.165) is 44.9 Å². The number of carbonyl (C=O) groups excluding carboxylic acids is 1. The molecule has 0 bridgehead atoms. The van der Waals surface area contributed by atoms with Crippen molar-refractivity contribution in [2.24, 2.45) is 0 Å². The molecule has 0 aromatic rings. The molecule has 11 atom stereocenters. The molecule has 2 fully saturated rings. The fourth-order valence-corrected chi connectivity index (χ4v) is 11.2. The number of hydrogen-bond donors (Lipinski definition) is 7. The lowest BCUT2D eigenvalue weighted by Gasteiger charge is -2.42. The lowest BCUT2D eigenvalue weighted by atomic mass is 9.98. The Bertz CT molecular complexity index is 1310. The van der Waals surface area contributed by atoms with Gasteiger partial charge >= 0.3 is 5.97 Å². The van der Waals surface area contributed by atoms with Gasteiger partial charge in [0.2, 0.25) is 0 Å². The molecule has 2 aliphatic heterocycles. The van der Waals surface area contributed by atoms with Crippen LogP contribution in [0.3, 0.4) is 0 Å². The SMILES string of the molecule is CCCCCCCCCCCCCCCCCCCCCCCCCCCCOCC(COC1OC(COC2OC(CO)C(O)C(O)C2O)C(O)C(O)C1O)OC(=O)CCCCCCCCCCCCCCCCCCCCC. The minimum atomic E-state index is -1.70. The first-order valence-corrected chi connectivity index (χ1v) is 33.6. The molecule has 2 rings (SSSR count). The van der Waals surface area contributed by atoms with Crippen LogP contribution >= 0.6 is 0 Å². The van der Waals surface area contributed by atoms with E-state index >= 15 is 0 Å². The van der Waals surface area contributed by atoms with Gasteiger partial charge in [-0.15, -0.1) is 0 Å². The number of carbonyl (C=O) groups is 1. The highest BCUT2D eigenvalue weighted by atomic mass is 16.7.